The Morgan fingerprint density at radius 3 is 1.38 bits per heavy atom. The van der Waals surface area contributed by atoms with E-state index in [-0.39, 0.29) is 10.1 Å². The molecule has 0 amide bonds. The number of rotatable bonds is 10. The monoisotopic (exact) mass is 436 g/mol. The van der Waals surface area contributed by atoms with E-state index in [1.165, 1.54) is 0 Å². The van der Waals surface area contributed by atoms with Crippen molar-refractivity contribution in [2.24, 2.45) is 0 Å². The molecule has 0 saturated heterocycles. The lowest BCUT2D eigenvalue weighted by Gasteiger charge is -2.36. The molecule has 1 aromatic heterocycles. The molecule has 0 N–H and O–H groups in total. The molecule has 1 rings (SSSR count). The summed E-state index contributed by atoms with van der Waals surface area (Å²) in [6, 6.07) is 4.02. The van der Waals surface area contributed by atoms with E-state index < -0.39 is 16.6 Å². The van der Waals surface area contributed by atoms with Gasteiger partial charge in [-0.1, -0.05) is 53.7 Å². The minimum absolute atomic E-state index is 0.259. The van der Waals surface area contributed by atoms with Gasteiger partial charge in [0.05, 0.1) is 0 Å². The molecule has 0 fully saturated rings. The molecule has 0 radical (unpaired) electrons. The Balaban J connectivity index is 2.38. The van der Waals surface area contributed by atoms with E-state index >= 15 is 0 Å². The Bertz CT molecular complexity index is 615. The summed E-state index contributed by atoms with van der Waals surface area (Å²) in [4.78, 5) is 0. The second-order valence-corrected chi connectivity index (χ2v) is 20.5. The first-order valence-corrected chi connectivity index (χ1v) is 16.7. The summed E-state index contributed by atoms with van der Waals surface area (Å²) >= 11 is 0. The van der Waals surface area contributed by atoms with Gasteiger partial charge in [-0.25, -0.2) is 0 Å². The Morgan fingerprint density at radius 2 is 1.07 bits per heavy atom. The molecule has 0 bridgehead atoms. The maximum Gasteiger partial charge on any atom is 0.191 e. The molecule has 5 heteroatoms. The molecule has 1 aromatic rings. The fourth-order valence-electron chi connectivity index (χ4n) is 2.14. The molecule has 0 spiro atoms. The average molecular weight is 437 g/mol. The Hall–Kier alpha value is -0.886. The van der Waals surface area contributed by atoms with Crippen LogP contribution in [0, 0.1) is 0 Å². The summed E-state index contributed by atoms with van der Waals surface area (Å²) < 4.78 is 18.2. The van der Waals surface area contributed by atoms with E-state index in [0.717, 1.165) is 37.6 Å². The number of hydrogen-bond acceptors (Lipinski definition) is 3. The Kier molecular flexibility index (Phi) is 9.40. The third-order valence-corrected chi connectivity index (χ3v) is 15.4. The third-order valence-electron chi connectivity index (χ3n) is 6.32. The summed E-state index contributed by atoms with van der Waals surface area (Å²) in [5, 5.41) is 0.517. The number of hydrogen-bond donors (Lipinski definition) is 0. The highest BCUT2D eigenvalue weighted by molar-refractivity contribution is 6.74. The number of furan rings is 1. The molecular weight excluding hydrogens is 392 g/mol. The fourth-order valence-corrected chi connectivity index (χ4v) is 4.27. The molecule has 1 heterocycles. The van der Waals surface area contributed by atoms with Crippen molar-refractivity contribution in [2.45, 2.75) is 90.6 Å². The zero-order valence-corrected chi connectivity index (χ0v) is 22.5. The van der Waals surface area contributed by atoms with Gasteiger partial charge >= 0.3 is 0 Å². The van der Waals surface area contributed by atoms with E-state index in [1.807, 2.05) is 24.3 Å². The van der Waals surface area contributed by atoms with Crippen molar-refractivity contribution >= 4 is 28.8 Å². The topological polar surface area (TPSA) is 31.6 Å². The van der Waals surface area contributed by atoms with Crippen LogP contribution in [0.2, 0.25) is 36.3 Å². The molecule has 29 heavy (non-hydrogen) atoms. The average Bonchev–Trinajstić information content (AvgIpc) is 2.99. The first-order chi connectivity index (χ1) is 13.2. The van der Waals surface area contributed by atoms with E-state index in [4.69, 9.17) is 13.3 Å². The van der Waals surface area contributed by atoms with Crippen LogP contribution in [-0.2, 0) is 8.85 Å². The lowest BCUT2D eigenvalue weighted by molar-refractivity contribution is 0.294. The van der Waals surface area contributed by atoms with Crippen LogP contribution in [0.3, 0.4) is 0 Å². The zero-order valence-electron chi connectivity index (χ0n) is 20.5. The summed E-state index contributed by atoms with van der Waals surface area (Å²) in [6.07, 6.45) is 10.1. The standard InChI is InChI=1S/C24H44O3Si2/c1-23(2,3)28(7,8)25-19-13-11-15-21-17-18-22(27-21)16-12-14-20-26-29(9,10)24(4,5)6/h11-12,15-18H,13-14,19-20H2,1-10H3/b15-11-,16-12-. The highest BCUT2D eigenvalue weighted by Crippen LogP contribution is 2.37. The van der Waals surface area contributed by atoms with Crippen molar-refractivity contribution in [3.63, 3.8) is 0 Å². The van der Waals surface area contributed by atoms with Crippen LogP contribution in [0.15, 0.2) is 28.7 Å². The van der Waals surface area contributed by atoms with Gasteiger partial charge in [0.2, 0.25) is 0 Å². The molecule has 0 aliphatic rings. The van der Waals surface area contributed by atoms with Crippen molar-refractivity contribution in [2.75, 3.05) is 13.2 Å². The molecule has 0 aromatic carbocycles. The predicted molar refractivity (Wildman–Crippen MR) is 132 cm³/mol. The molecule has 0 aliphatic heterocycles. The van der Waals surface area contributed by atoms with Crippen LogP contribution in [0.4, 0.5) is 0 Å². The maximum atomic E-state index is 6.19. The van der Waals surface area contributed by atoms with Gasteiger partial charge in [0.15, 0.2) is 16.6 Å². The van der Waals surface area contributed by atoms with Crippen molar-refractivity contribution in [3.05, 3.63) is 35.8 Å². The molecule has 0 atom stereocenters. The van der Waals surface area contributed by atoms with E-state index in [1.54, 1.807) is 0 Å². The maximum absolute atomic E-state index is 6.19. The van der Waals surface area contributed by atoms with Gasteiger partial charge in [-0.05, 0) is 73.4 Å². The van der Waals surface area contributed by atoms with E-state index in [0.29, 0.717) is 0 Å². The summed E-state index contributed by atoms with van der Waals surface area (Å²) in [5.74, 6) is 1.77. The summed E-state index contributed by atoms with van der Waals surface area (Å²) in [6.45, 7) is 24.3. The first kappa shape index (κ1) is 26.1. The lowest BCUT2D eigenvalue weighted by atomic mass is 10.2. The normalized spacial score (nSPS) is 14.4. The van der Waals surface area contributed by atoms with E-state index in [2.05, 4.69) is 79.9 Å². The first-order valence-electron chi connectivity index (χ1n) is 10.9. The molecule has 166 valence electrons. The molecular formula is C24H44O3Si2. The Morgan fingerprint density at radius 1 is 0.724 bits per heavy atom. The van der Waals surface area contributed by atoms with Gasteiger partial charge in [0.25, 0.3) is 0 Å². The highest BCUT2D eigenvalue weighted by atomic mass is 28.4. The minimum Gasteiger partial charge on any atom is -0.457 e. The predicted octanol–water partition coefficient (Wildman–Crippen LogP) is 8.13. The summed E-state index contributed by atoms with van der Waals surface area (Å²) in [7, 11) is -3.30. The second kappa shape index (κ2) is 10.4. The zero-order chi connectivity index (χ0) is 22.3. The quantitative estimate of drug-likeness (QED) is 0.274. The van der Waals surface area contributed by atoms with Crippen molar-refractivity contribution in [1.82, 2.24) is 0 Å². The van der Waals surface area contributed by atoms with Gasteiger partial charge < -0.3 is 13.3 Å². The van der Waals surface area contributed by atoms with E-state index in [9.17, 15) is 0 Å². The van der Waals surface area contributed by atoms with Crippen LogP contribution in [-0.4, -0.2) is 29.8 Å². The van der Waals surface area contributed by atoms with Gasteiger partial charge in [-0.2, -0.15) is 0 Å². The van der Waals surface area contributed by atoms with Crippen LogP contribution in [0.25, 0.3) is 12.2 Å². The largest absolute Gasteiger partial charge is 0.457 e. The smallest absolute Gasteiger partial charge is 0.191 e. The van der Waals surface area contributed by atoms with Gasteiger partial charge in [-0.3, -0.25) is 0 Å². The van der Waals surface area contributed by atoms with Crippen molar-refractivity contribution < 1.29 is 13.3 Å². The minimum atomic E-state index is -1.65. The van der Waals surface area contributed by atoms with Crippen LogP contribution in [0.5, 0.6) is 0 Å². The summed E-state index contributed by atoms with van der Waals surface area (Å²) in [5.41, 5.74) is 0. The van der Waals surface area contributed by atoms with Gasteiger partial charge in [0.1, 0.15) is 11.5 Å². The molecule has 0 unspecified atom stereocenters. The highest BCUT2D eigenvalue weighted by Gasteiger charge is 2.37. The molecule has 0 aliphatic carbocycles. The second-order valence-electron chi connectivity index (χ2n) is 10.8. The molecule has 3 nitrogen and oxygen atoms in total. The lowest BCUT2D eigenvalue weighted by Crippen LogP contribution is -2.40. The fraction of sp³-hybridized carbons (Fsp3) is 0.667. The van der Waals surface area contributed by atoms with Gasteiger partial charge in [-0.15, -0.1) is 0 Å². The Labute approximate surface area is 181 Å². The van der Waals surface area contributed by atoms with Crippen molar-refractivity contribution in [3.8, 4) is 0 Å². The van der Waals surface area contributed by atoms with Crippen molar-refractivity contribution in [1.29, 1.82) is 0 Å². The molecule has 0 saturated carbocycles. The van der Waals surface area contributed by atoms with Gasteiger partial charge in [0, 0.05) is 13.2 Å². The van der Waals surface area contributed by atoms with Crippen LogP contribution in [0.1, 0.15) is 65.9 Å². The van der Waals surface area contributed by atoms with Crippen LogP contribution >= 0.6 is 0 Å². The van der Waals surface area contributed by atoms with Crippen LogP contribution < -0.4 is 0 Å². The third kappa shape index (κ3) is 8.79. The SMILES string of the molecule is CC(C)(C)[Si](C)(C)OCC/C=C\c1ccc(/C=C\CCO[Si](C)(C)C(C)(C)C)o1.